The summed E-state index contributed by atoms with van der Waals surface area (Å²) in [5.41, 5.74) is 2.01. The average Bonchev–Trinajstić information content (AvgIpc) is 2.42. The summed E-state index contributed by atoms with van der Waals surface area (Å²) >= 11 is 1.77. The summed E-state index contributed by atoms with van der Waals surface area (Å²) in [7, 11) is 0. The maximum absolute atomic E-state index is 10.8. The Morgan fingerprint density at radius 1 is 1.57 bits per heavy atom. The van der Waals surface area contributed by atoms with Crippen molar-refractivity contribution in [3.8, 4) is 0 Å². The molecular formula is C10H12N2OS. The first kappa shape index (κ1) is 9.40. The van der Waals surface area contributed by atoms with Crippen molar-refractivity contribution in [3.63, 3.8) is 0 Å². The molecule has 1 aromatic carbocycles. The van der Waals surface area contributed by atoms with Crippen LogP contribution in [0.25, 0.3) is 0 Å². The van der Waals surface area contributed by atoms with Crippen LogP contribution in [-0.2, 0) is 4.79 Å². The van der Waals surface area contributed by atoms with Gasteiger partial charge in [0.15, 0.2) is 0 Å². The number of nitrogens with one attached hydrogen (secondary N) is 2. The van der Waals surface area contributed by atoms with Crippen LogP contribution >= 0.6 is 11.8 Å². The Morgan fingerprint density at radius 2 is 2.36 bits per heavy atom. The molecule has 0 bridgehead atoms. The highest BCUT2D eigenvalue weighted by Crippen LogP contribution is 2.39. The standard InChI is InChI=1S/C10H12N2OS/c1-6(13)11-8-3-4-9-10(5-8)14-7(2)12-9/h3-5,7,12H,1-2H3,(H,11,13). The molecule has 4 heteroatoms. The Bertz CT molecular complexity index is 378. The molecule has 0 saturated carbocycles. The van der Waals surface area contributed by atoms with Gasteiger partial charge in [0.2, 0.25) is 5.91 Å². The number of anilines is 2. The molecule has 0 saturated heterocycles. The van der Waals surface area contributed by atoms with E-state index in [9.17, 15) is 4.79 Å². The Kier molecular flexibility index (Phi) is 2.37. The van der Waals surface area contributed by atoms with Gasteiger partial charge < -0.3 is 10.6 Å². The molecule has 1 unspecified atom stereocenters. The van der Waals surface area contributed by atoms with Gasteiger partial charge in [0.05, 0.1) is 5.37 Å². The quantitative estimate of drug-likeness (QED) is 0.745. The van der Waals surface area contributed by atoms with E-state index in [4.69, 9.17) is 0 Å². The van der Waals surface area contributed by atoms with Crippen LogP contribution in [0.3, 0.4) is 0 Å². The second-order valence-electron chi connectivity index (χ2n) is 3.30. The minimum Gasteiger partial charge on any atom is -0.372 e. The highest BCUT2D eigenvalue weighted by molar-refractivity contribution is 8.00. The van der Waals surface area contributed by atoms with Crippen LogP contribution in [0.4, 0.5) is 11.4 Å². The molecule has 1 aliphatic rings. The Balaban J connectivity index is 2.24. The van der Waals surface area contributed by atoms with Crippen LogP contribution < -0.4 is 10.6 Å². The molecule has 14 heavy (non-hydrogen) atoms. The molecule has 0 radical (unpaired) electrons. The summed E-state index contributed by atoms with van der Waals surface area (Å²) in [5.74, 6) is -0.0334. The Labute approximate surface area is 87.3 Å². The molecule has 0 fully saturated rings. The van der Waals surface area contributed by atoms with Gasteiger partial charge in [-0.3, -0.25) is 4.79 Å². The fourth-order valence-electron chi connectivity index (χ4n) is 1.46. The monoisotopic (exact) mass is 208 g/mol. The van der Waals surface area contributed by atoms with Crippen molar-refractivity contribution in [3.05, 3.63) is 18.2 Å². The molecular weight excluding hydrogens is 196 g/mol. The summed E-state index contributed by atoms with van der Waals surface area (Å²) < 4.78 is 0. The first-order valence-corrected chi connectivity index (χ1v) is 5.38. The first-order chi connectivity index (χ1) is 6.65. The lowest BCUT2D eigenvalue weighted by Crippen LogP contribution is -2.05. The number of amides is 1. The first-order valence-electron chi connectivity index (χ1n) is 4.50. The maximum Gasteiger partial charge on any atom is 0.221 e. The average molecular weight is 208 g/mol. The van der Waals surface area contributed by atoms with Gasteiger partial charge in [-0.15, -0.1) is 0 Å². The number of benzene rings is 1. The second-order valence-corrected chi connectivity index (χ2v) is 4.68. The van der Waals surface area contributed by atoms with Gasteiger partial charge in [-0.05, 0) is 25.1 Å². The lowest BCUT2D eigenvalue weighted by molar-refractivity contribution is -0.114. The molecule has 1 heterocycles. The van der Waals surface area contributed by atoms with Crippen molar-refractivity contribution in [1.29, 1.82) is 0 Å². The molecule has 74 valence electrons. The topological polar surface area (TPSA) is 41.1 Å². The number of carbonyl (C=O) groups is 1. The number of hydrogen-bond donors (Lipinski definition) is 2. The van der Waals surface area contributed by atoms with E-state index in [2.05, 4.69) is 17.6 Å². The van der Waals surface area contributed by atoms with Gasteiger partial charge in [0.25, 0.3) is 0 Å². The van der Waals surface area contributed by atoms with E-state index in [1.807, 2.05) is 18.2 Å². The summed E-state index contributed by atoms with van der Waals surface area (Å²) in [5, 5.41) is 6.51. The number of hydrogen-bond acceptors (Lipinski definition) is 3. The van der Waals surface area contributed by atoms with Crippen LogP contribution in [0, 0.1) is 0 Å². The van der Waals surface area contributed by atoms with Gasteiger partial charge in [-0.25, -0.2) is 0 Å². The number of carbonyl (C=O) groups excluding carboxylic acids is 1. The smallest absolute Gasteiger partial charge is 0.221 e. The van der Waals surface area contributed by atoms with Crippen molar-refractivity contribution in [2.75, 3.05) is 10.6 Å². The summed E-state index contributed by atoms with van der Waals surface area (Å²) in [6, 6.07) is 5.90. The third-order valence-electron chi connectivity index (χ3n) is 1.96. The number of fused-ring (bicyclic) bond motifs is 1. The number of thioether (sulfide) groups is 1. The van der Waals surface area contributed by atoms with Gasteiger partial charge in [0, 0.05) is 23.2 Å². The minimum atomic E-state index is -0.0334. The predicted molar refractivity (Wildman–Crippen MR) is 59.7 cm³/mol. The van der Waals surface area contributed by atoms with Crippen molar-refractivity contribution >= 4 is 29.0 Å². The number of rotatable bonds is 1. The molecule has 1 aromatic rings. The van der Waals surface area contributed by atoms with E-state index in [0.29, 0.717) is 5.37 Å². The van der Waals surface area contributed by atoms with Crippen LogP contribution in [0.15, 0.2) is 23.1 Å². The van der Waals surface area contributed by atoms with Gasteiger partial charge in [-0.1, -0.05) is 11.8 Å². The molecule has 1 atom stereocenters. The molecule has 0 aromatic heterocycles. The molecule has 0 aliphatic carbocycles. The predicted octanol–water partition coefficient (Wildman–Crippen LogP) is 2.51. The molecule has 0 spiro atoms. The van der Waals surface area contributed by atoms with Gasteiger partial charge in [0.1, 0.15) is 0 Å². The normalized spacial score (nSPS) is 18.6. The third-order valence-corrected chi connectivity index (χ3v) is 3.03. The summed E-state index contributed by atoms with van der Waals surface area (Å²) in [6.45, 7) is 3.63. The summed E-state index contributed by atoms with van der Waals surface area (Å²) in [4.78, 5) is 12.0. The van der Waals surface area contributed by atoms with Gasteiger partial charge in [-0.2, -0.15) is 0 Å². The molecule has 2 rings (SSSR count). The van der Waals surface area contributed by atoms with Crippen molar-refractivity contribution < 1.29 is 4.79 Å². The van der Waals surface area contributed by atoms with E-state index in [-0.39, 0.29) is 5.91 Å². The Morgan fingerprint density at radius 3 is 3.07 bits per heavy atom. The third kappa shape index (κ3) is 1.85. The minimum absolute atomic E-state index is 0.0334. The second kappa shape index (κ2) is 3.53. The largest absolute Gasteiger partial charge is 0.372 e. The zero-order chi connectivity index (χ0) is 10.1. The zero-order valence-corrected chi connectivity index (χ0v) is 8.94. The molecule has 1 amide bonds. The summed E-state index contributed by atoms with van der Waals surface area (Å²) in [6.07, 6.45) is 0. The van der Waals surface area contributed by atoms with Crippen LogP contribution in [0.2, 0.25) is 0 Å². The molecule has 1 aliphatic heterocycles. The van der Waals surface area contributed by atoms with Crippen molar-refractivity contribution in [1.82, 2.24) is 0 Å². The van der Waals surface area contributed by atoms with Crippen LogP contribution in [0.5, 0.6) is 0 Å². The van der Waals surface area contributed by atoms with E-state index in [0.717, 1.165) is 11.4 Å². The fraction of sp³-hybridized carbons (Fsp3) is 0.300. The highest BCUT2D eigenvalue weighted by atomic mass is 32.2. The van der Waals surface area contributed by atoms with E-state index in [1.165, 1.54) is 11.8 Å². The molecule has 2 N–H and O–H groups in total. The maximum atomic E-state index is 10.8. The SMILES string of the molecule is CC(=O)Nc1ccc2c(c1)SC(C)N2. The lowest BCUT2D eigenvalue weighted by Gasteiger charge is -2.03. The molecule has 3 nitrogen and oxygen atoms in total. The van der Waals surface area contributed by atoms with E-state index < -0.39 is 0 Å². The van der Waals surface area contributed by atoms with Crippen LogP contribution in [-0.4, -0.2) is 11.3 Å². The Hall–Kier alpha value is -1.16. The zero-order valence-electron chi connectivity index (χ0n) is 8.13. The highest BCUT2D eigenvalue weighted by Gasteiger charge is 2.17. The lowest BCUT2D eigenvalue weighted by atomic mass is 10.2. The fourth-order valence-corrected chi connectivity index (χ4v) is 2.47. The van der Waals surface area contributed by atoms with Crippen LogP contribution in [0.1, 0.15) is 13.8 Å². The van der Waals surface area contributed by atoms with E-state index >= 15 is 0 Å². The van der Waals surface area contributed by atoms with E-state index in [1.54, 1.807) is 11.8 Å². The van der Waals surface area contributed by atoms with Crippen molar-refractivity contribution in [2.24, 2.45) is 0 Å². The van der Waals surface area contributed by atoms with Gasteiger partial charge >= 0.3 is 0 Å². The van der Waals surface area contributed by atoms with Crippen molar-refractivity contribution in [2.45, 2.75) is 24.1 Å².